The van der Waals surface area contributed by atoms with Crippen LogP contribution in [0.1, 0.15) is 96.5 Å². The van der Waals surface area contributed by atoms with Crippen molar-refractivity contribution in [1.82, 2.24) is 9.80 Å². The molecule has 152 valence electrons. The fourth-order valence-electron chi connectivity index (χ4n) is 4.14. The Kier molecular flexibility index (Phi) is 11.1. The number of nitrogens with zero attached hydrogens (tertiary/aromatic N) is 2. The van der Waals surface area contributed by atoms with Crippen LogP contribution in [0, 0.1) is 0 Å². The van der Waals surface area contributed by atoms with Crippen molar-refractivity contribution >= 4 is 0 Å². The van der Waals surface area contributed by atoms with Gasteiger partial charge in [-0.15, -0.1) is 0 Å². The SMILES string of the molecule is CCCCCCCCCCCCC1N(CCC)C=CN1Cc1ccccc1. The van der Waals surface area contributed by atoms with Crippen molar-refractivity contribution in [1.29, 1.82) is 0 Å². The Morgan fingerprint density at radius 1 is 0.667 bits per heavy atom. The topological polar surface area (TPSA) is 6.48 Å². The summed E-state index contributed by atoms with van der Waals surface area (Å²) < 4.78 is 0. The van der Waals surface area contributed by atoms with Gasteiger partial charge in [-0.3, -0.25) is 0 Å². The molecule has 1 aliphatic rings. The lowest BCUT2D eigenvalue weighted by atomic mass is 10.0. The standard InChI is InChI=1S/C25H42N2/c1-3-5-6-7-8-9-10-11-12-16-19-25-26(20-4-2)21-22-27(25)23-24-17-14-13-15-18-24/h13-15,17-18,21-22,25H,3-12,16,19-20,23H2,1-2H3. The molecule has 1 atom stereocenters. The number of benzene rings is 1. The summed E-state index contributed by atoms with van der Waals surface area (Å²) in [7, 11) is 0. The summed E-state index contributed by atoms with van der Waals surface area (Å²) in [5.74, 6) is 0. The van der Waals surface area contributed by atoms with Crippen LogP contribution in [0.5, 0.6) is 0 Å². The summed E-state index contributed by atoms with van der Waals surface area (Å²) in [4.78, 5) is 5.09. The molecule has 0 aliphatic carbocycles. The monoisotopic (exact) mass is 370 g/mol. The Labute approximate surface area is 168 Å². The highest BCUT2D eigenvalue weighted by molar-refractivity contribution is 5.15. The van der Waals surface area contributed by atoms with Crippen molar-refractivity contribution in [3.05, 3.63) is 48.3 Å². The molecule has 0 fully saturated rings. The molecule has 2 rings (SSSR count). The van der Waals surface area contributed by atoms with Gasteiger partial charge in [-0.1, -0.05) is 102 Å². The van der Waals surface area contributed by atoms with Crippen LogP contribution in [-0.2, 0) is 6.54 Å². The second kappa shape index (κ2) is 13.7. The lowest BCUT2D eigenvalue weighted by Gasteiger charge is -2.33. The van der Waals surface area contributed by atoms with Gasteiger partial charge >= 0.3 is 0 Å². The molecular weight excluding hydrogens is 328 g/mol. The molecule has 0 aromatic heterocycles. The molecule has 0 N–H and O–H groups in total. The van der Waals surface area contributed by atoms with E-state index in [1.165, 1.54) is 89.2 Å². The maximum absolute atomic E-state index is 2.55. The van der Waals surface area contributed by atoms with E-state index >= 15 is 0 Å². The lowest BCUT2D eigenvalue weighted by molar-refractivity contribution is 0.134. The number of unbranched alkanes of at least 4 members (excludes halogenated alkanes) is 9. The maximum Gasteiger partial charge on any atom is 0.101 e. The smallest absolute Gasteiger partial charge is 0.101 e. The van der Waals surface area contributed by atoms with Gasteiger partial charge in [0.15, 0.2) is 0 Å². The van der Waals surface area contributed by atoms with Gasteiger partial charge in [-0.25, -0.2) is 0 Å². The van der Waals surface area contributed by atoms with Crippen LogP contribution < -0.4 is 0 Å². The van der Waals surface area contributed by atoms with Gasteiger partial charge in [0.25, 0.3) is 0 Å². The first kappa shape index (κ1) is 21.9. The van der Waals surface area contributed by atoms with E-state index < -0.39 is 0 Å². The quantitative estimate of drug-likeness (QED) is 0.298. The molecule has 1 aromatic carbocycles. The van der Waals surface area contributed by atoms with Crippen molar-refractivity contribution in [2.24, 2.45) is 0 Å². The average molecular weight is 371 g/mol. The predicted molar refractivity (Wildman–Crippen MR) is 118 cm³/mol. The Hall–Kier alpha value is -1.44. The summed E-state index contributed by atoms with van der Waals surface area (Å²) in [5.41, 5.74) is 1.41. The summed E-state index contributed by atoms with van der Waals surface area (Å²) in [6, 6.07) is 10.9. The molecule has 0 saturated carbocycles. The van der Waals surface area contributed by atoms with Crippen molar-refractivity contribution in [2.45, 2.75) is 104 Å². The molecule has 27 heavy (non-hydrogen) atoms. The molecule has 0 spiro atoms. The van der Waals surface area contributed by atoms with Crippen LogP contribution in [-0.4, -0.2) is 22.5 Å². The number of hydrogen-bond donors (Lipinski definition) is 0. The van der Waals surface area contributed by atoms with E-state index in [0.29, 0.717) is 6.17 Å². The first-order valence-corrected chi connectivity index (χ1v) is 11.6. The number of rotatable bonds is 15. The van der Waals surface area contributed by atoms with Crippen molar-refractivity contribution in [3.63, 3.8) is 0 Å². The molecule has 0 amide bonds. The minimum absolute atomic E-state index is 0.555. The minimum atomic E-state index is 0.555. The predicted octanol–water partition coefficient (Wildman–Crippen LogP) is 7.32. The fraction of sp³-hybridized carbons (Fsp3) is 0.680. The van der Waals surface area contributed by atoms with Crippen LogP contribution >= 0.6 is 0 Å². The van der Waals surface area contributed by atoms with E-state index in [2.05, 4.69) is 66.4 Å². The van der Waals surface area contributed by atoms with E-state index in [1.807, 2.05) is 0 Å². The van der Waals surface area contributed by atoms with Crippen LogP contribution in [0.3, 0.4) is 0 Å². The van der Waals surface area contributed by atoms with Crippen LogP contribution in [0.25, 0.3) is 0 Å². The van der Waals surface area contributed by atoms with E-state index in [9.17, 15) is 0 Å². The zero-order valence-electron chi connectivity index (χ0n) is 17.9. The Balaban J connectivity index is 1.65. The zero-order chi connectivity index (χ0) is 19.2. The van der Waals surface area contributed by atoms with Gasteiger partial charge < -0.3 is 9.80 Å². The fourth-order valence-corrected chi connectivity index (χ4v) is 4.14. The summed E-state index contributed by atoms with van der Waals surface area (Å²) in [5, 5.41) is 0. The van der Waals surface area contributed by atoms with Crippen molar-refractivity contribution in [2.75, 3.05) is 6.54 Å². The van der Waals surface area contributed by atoms with E-state index in [4.69, 9.17) is 0 Å². The highest BCUT2D eigenvalue weighted by Crippen LogP contribution is 2.24. The summed E-state index contributed by atoms with van der Waals surface area (Å²) in [6.07, 6.45) is 21.8. The third-order valence-corrected chi connectivity index (χ3v) is 5.72. The number of hydrogen-bond acceptors (Lipinski definition) is 2. The van der Waals surface area contributed by atoms with Gasteiger partial charge in [-0.05, 0) is 24.8 Å². The molecule has 0 bridgehead atoms. The molecule has 2 nitrogen and oxygen atoms in total. The zero-order valence-corrected chi connectivity index (χ0v) is 17.9. The van der Waals surface area contributed by atoms with E-state index in [1.54, 1.807) is 0 Å². The molecule has 1 aromatic rings. The van der Waals surface area contributed by atoms with Gasteiger partial charge in [0.2, 0.25) is 0 Å². The molecule has 2 heteroatoms. The highest BCUT2D eigenvalue weighted by atomic mass is 15.4. The Bertz CT molecular complexity index is 496. The van der Waals surface area contributed by atoms with Crippen LogP contribution in [0.15, 0.2) is 42.7 Å². The largest absolute Gasteiger partial charge is 0.356 e. The summed E-state index contributed by atoms with van der Waals surface area (Å²) in [6.45, 7) is 6.78. The van der Waals surface area contributed by atoms with Gasteiger partial charge in [0.05, 0.1) is 0 Å². The van der Waals surface area contributed by atoms with Gasteiger partial charge in [0, 0.05) is 25.5 Å². The van der Waals surface area contributed by atoms with E-state index in [0.717, 1.165) is 6.54 Å². The minimum Gasteiger partial charge on any atom is -0.356 e. The van der Waals surface area contributed by atoms with E-state index in [-0.39, 0.29) is 0 Å². The maximum atomic E-state index is 2.55. The molecule has 1 unspecified atom stereocenters. The second-order valence-corrected chi connectivity index (χ2v) is 8.15. The van der Waals surface area contributed by atoms with Crippen molar-refractivity contribution < 1.29 is 0 Å². The first-order valence-electron chi connectivity index (χ1n) is 11.6. The molecule has 0 saturated heterocycles. The molecule has 1 aliphatic heterocycles. The Morgan fingerprint density at radius 2 is 1.26 bits per heavy atom. The normalized spacial score (nSPS) is 16.4. The second-order valence-electron chi connectivity index (χ2n) is 8.15. The summed E-state index contributed by atoms with van der Waals surface area (Å²) >= 11 is 0. The highest BCUT2D eigenvalue weighted by Gasteiger charge is 2.25. The van der Waals surface area contributed by atoms with Crippen LogP contribution in [0.2, 0.25) is 0 Å². The van der Waals surface area contributed by atoms with Crippen molar-refractivity contribution in [3.8, 4) is 0 Å². The third kappa shape index (κ3) is 8.41. The molecule has 1 heterocycles. The Morgan fingerprint density at radius 3 is 1.89 bits per heavy atom. The van der Waals surface area contributed by atoms with Gasteiger partial charge in [0.1, 0.15) is 6.17 Å². The average Bonchev–Trinajstić information content (AvgIpc) is 3.06. The lowest BCUT2D eigenvalue weighted by Crippen LogP contribution is -2.38. The third-order valence-electron chi connectivity index (χ3n) is 5.72. The first-order chi connectivity index (χ1) is 13.3. The van der Waals surface area contributed by atoms with Gasteiger partial charge in [-0.2, -0.15) is 0 Å². The molecular formula is C25H42N2. The molecule has 0 radical (unpaired) electrons. The van der Waals surface area contributed by atoms with Crippen LogP contribution in [0.4, 0.5) is 0 Å².